The summed E-state index contributed by atoms with van der Waals surface area (Å²) >= 11 is 0. The molecule has 0 fully saturated rings. The van der Waals surface area contributed by atoms with Crippen molar-refractivity contribution in [2.24, 2.45) is 0 Å². The second-order valence-corrected chi connectivity index (χ2v) is 6.08. The highest BCUT2D eigenvalue weighted by Crippen LogP contribution is 2.17. The topological polar surface area (TPSA) is 102 Å². The lowest BCUT2D eigenvalue weighted by molar-refractivity contribution is -0.133. The number of para-hydroxylation sites is 1. The first-order valence-electron chi connectivity index (χ1n) is 8.92. The van der Waals surface area contributed by atoms with Crippen molar-refractivity contribution in [3.05, 3.63) is 59.7 Å². The number of nitrogens with one attached hydrogen (secondary N) is 2. The maximum atomic E-state index is 12.2. The molecule has 0 saturated carbocycles. The zero-order valence-corrected chi connectivity index (χ0v) is 15.8. The van der Waals surface area contributed by atoms with Crippen LogP contribution in [-0.4, -0.2) is 30.2 Å². The normalized spacial score (nSPS) is 10.1. The summed E-state index contributed by atoms with van der Waals surface area (Å²) in [6, 6.07) is 12.6. The SMILES string of the molecule is CCCCOC(=O)c1ccccc1NC(=O)C(=O)Nc1cccc(C(C)=O)c1. The molecule has 0 aliphatic rings. The molecule has 0 heterocycles. The number of hydrogen-bond acceptors (Lipinski definition) is 5. The number of hydrogen-bond donors (Lipinski definition) is 2. The van der Waals surface area contributed by atoms with Gasteiger partial charge in [-0.3, -0.25) is 14.4 Å². The number of unbranched alkanes of at least 4 members (excludes halogenated alkanes) is 1. The van der Waals surface area contributed by atoms with Crippen LogP contribution in [0.2, 0.25) is 0 Å². The fraction of sp³-hybridized carbons (Fsp3) is 0.238. The molecule has 0 aliphatic carbocycles. The highest BCUT2D eigenvalue weighted by molar-refractivity contribution is 6.44. The number of benzene rings is 2. The molecule has 7 heteroatoms. The molecule has 2 N–H and O–H groups in total. The van der Waals surface area contributed by atoms with Crippen LogP contribution in [0.25, 0.3) is 0 Å². The first kappa shape index (κ1) is 20.8. The van der Waals surface area contributed by atoms with E-state index < -0.39 is 17.8 Å². The molecular formula is C21H22N2O5. The Hall–Kier alpha value is -3.48. The molecule has 146 valence electrons. The molecule has 0 spiro atoms. The number of rotatable bonds is 7. The molecule has 0 unspecified atom stereocenters. The van der Waals surface area contributed by atoms with Gasteiger partial charge in [0.2, 0.25) is 0 Å². The standard InChI is InChI=1S/C21H22N2O5/c1-3-4-12-28-21(27)17-10-5-6-11-18(17)23-20(26)19(25)22-16-9-7-8-15(13-16)14(2)24/h5-11,13H,3-4,12H2,1-2H3,(H,22,25)(H,23,26). The van der Waals surface area contributed by atoms with Gasteiger partial charge in [0.1, 0.15) is 0 Å². The number of carbonyl (C=O) groups is 4. The number of ether oxygens (including phenoxy) is 1. The summed E-state index contributed by atoms with van der Waals surface area (Å²) in [6.45, 7) is 3.67. The van der Waals surface area contributed by atoms with Crippen LogP contribution in [0.1, 0.15) is 47.4 Å². The molecule has 28 heavy (non-hydrogen) atoms. The maximum absolute atomic E-state index is 12.2. The largest absolute Gasteiger partial charge is 0.462 e. The van der Waals surface area contributed by atoms with Crippen molar-refractivity contribution >= 4 is 34.9 Å². The predicted octanol–water partition coefficient (Wildman–Crippen LogP) is 3.42. The minimum atomic E-state index is -0.943. The third kappa shape index (κ3) is 5.77. The Kier molecular flexibility index (Phi) is 7.45. The van der Waals surface area contributed by atoms with E-state index in [1.165, 1.54) is 25.1 Å². The minimum absolute atomic E-state index is 0.156. The monoisotopic (exact) mass is 382 g/mol. The van der Waals surface area contributed by atoms with Crippen molar-refractivity contribution in [2.75, 3.05) is 17.2 Å². The number of carbonyl (C=O) groups excluding carboxylic acids is 4. The van der Waals surface area contributed by atoms with Gasteiger partial charge in [0, 0.05) is 11.3 Å². The van der Waals surface area contributed by atoms with Crippen molar-refractivity contribution in [3.8, 4) is 0 Å². The lowest BCUT2D eigenvalue weighted by Crippen LogP contribution is -2.29. The van der Waals surface area contributed by atoms with E-state index in [1.54, 1.807) is 30.3 Å². The lowest BCUT2D eigenvalue weighted by Gasteiger charge is -2.11. The maximum Gasteiger partial charge on any atom is 0.340 e. The molecule has 0 saturated heterocycles. The molecule has 2 aromatic carbocycles. The van der Waals surface area contributed by atoms with Gasteiger partial charge in [-0.2, -0.15) is 0 Å². The smallest absolute Gasteiger partial charge is 0.340 e. The van der Waals surface area contributed by atoms with Gasteiger partial charge in [-0.1, -0.05) is 37.6 Å². The van der Waals surface area contributed by atoms with E-state index in [1.807, 2.05) is 6.92 Å². The fourth-order valence-corrected chi connectivity index (χ4v) is 2.34. The Labute approximate surface area is 163 Å². The van der Waals surface area contributed by atoms with Gasteiger partial charge in [-0.15, -0.1) is 0 Å². The van der Waals surface area contributed by atoms with Crippen molar-refractivity contribution < 1.29 is 23.9 Å². The van der Waals surface area contributed by atoms with E-state index in [4.69, 9.17) is 4.74 Å². The second kappa shape index (κ2) is 10.0. The van der Waals surface area contributed by atoms with Crippen LogP contribution in [0, 0.1) is 0 Å². The third-order valence-electron chi connectivity index (χ3n) is 3.86. The summed E-state index contributed by atoms with van der Waals surface area (Å²) in [7, 11) is 0. The molecule has 2 amide bonds. The van der Waals surface area contributed by atoms with Crippen LogP contribution in [0.5, 0.6) is 0 Å². The van der Waals surface area contributed by atoms with E-state index in [0.29, 0.717) is 11.3 Å². The molecule has 0 radical (unpaired) electrons. The van der Waals surface area contributed by atoms with Gasteiger partial charge in [-0.05, 0) is 37.6 Å². The lowest BCUT2D eigenvalue weighted by atomic mass is 10.1. The van der Waals surface area contributed by atoms with Crippen LogP contribution in [-0.2, 0) is 14.3 Å². The summed E-state index contributed by atoms with van der Waals surface area (Å²) in [6.07, 6.45) is 1.62. The number of esters is 1. The molecule has 0 atom stereocenters. The molecular weight excluding hydrogens is 360 g/mol. The summed E-state index contributed by atoms with van der Waals surface area (Å²) in [4.78, 5) is 48.0. The van der Waals surface area contributed by atoms with Crippen LogP contribution in [0.15, 0.2) is 48.5 Å². The highest BCUT2D eigenvalue weighted by atomic mass is 16.5. The molecule has 2 aromatic rings. The number of ketones is 1. The first-order chi connectivity index (χ1) is 13.4. The third-order valence-corrected chi connectivity index (χ3v) is 3.86. The number of Topliss-reactive ketones (excluding diaryl/α,β-unsaturated/α-hetero) is 1. The Morgan fingerprint density at radius 2 is 1.64 bits per heavy atom. The van der Waals surface area contributed by atoms with E-state index in [-0.39, 0.29) is 23.6 Å². The molecule has 2 rings (SSSR count). The molecule has 0 aromatic heterocycles. The minimum Gasteiger partial charge on any atom is -0.462 e. The fourth-order valence-electron chi connectivity index (χ4n) is 2.34. The zero-order valence-electron chi connectivity index (χ0n) is 15.8. The van der Waals surface area contributed by atoms with Gasteiger partial charge >= 0.3 is 17.8 Å². The highest BCUT2D eigenvalue weighted by Gasteiger charge is 2.19. The van der Waals surface area contributed by atoms with Gasteiger partial charge in [0.25, 0.3) is 0 Å². The summed E-state index contributed by atoms with van der Waals surface area (Å²) in [5.74, 6) is -2.59. The second-order valence-electron chi connectivity index (χ2n) is 6.08. The van der Waals surface area contributed by atoms with E-state index >= 15 is 0 Å². The van der Waals surface area contributed by atoms with Gasteiger partial charge in [0.15, 0.2) is 5.78 Å². The Morgan fingerprint density at radius 1 is 0.929 bits per heavy atom. The Morgan fingerprint density at radius 3 is 2.36 bits per heavy atom. The molecule has 0 bridgehead atoms. The quantitative estimate of drug-likeness (QED) is 0.331. The van der Waals surface area contributed by atoms with Crippen LogP contribution < -0.4 is 10.6 Å². The van der Waals surface area contributed by atoms with Crippen molar-refractivity contribution in [1.29, 1.82) is 0 Å². The van der Waals surface area contributed by atoms with Gasteiger partial charge < -0.3 is 15.4 Å². The van der Waals surface area contributed by atoms with E-state index in [0.717, 1.165) is 12.8 Å². The predicted molar refractivity (Wildman–Crippen MR) is 105 cm³/mol. The van der Waals surface area contributed by atoms with Crippen LogP contribution >= 0.6 is 0 Å². The van der Waals surface area contributed by atoms with E-state index in [2.05, 4.69) is 10.6 Å². The summed E-state index contributed by atoms with van der Waals surface area (Å²) in [5.41, 5.74) is 1.08. The van der Waals surface area contributed by atoms with E-state index in [9.17, 15) is 19.2 Å². The Balaban J connectivity index is 2.06. The Bertz CT molecular complexity index is 892. The van der Waals surface area contributed by atoms with Crippen LogP contribution in [0.4, 0.5) is 11.4 Å². The zero-order chi connectivity index (χ0) is 20.5. The van der Waals surface area contributed by atoms with Crippen molar-refractivity contribution in [2.45, 2.75) is 26.7 Å². The van der Waals surface area contributed by atoms with Gasteiger partial charge in [0.05, 0.1) is 17.9 Å². The van der Waals surface area contributed by atoms with Crippen molar-refractivity contribution in [1.82, 2.24) is 0 Å². The molecule has 7 nitrogen and oxygen atoms in total. The van der Waals surface area contributed by atoms with Gasteiger partial charge in [-0.25, -0.2) is 4.79 Å². The first-order valence-corrected chi connectivity index (χ1v) is 8.92. The average Bonchev–Trinajstić information content (AvgIpc) is 2.68. The van der Waals surface area contributed by atoms with Crippen LogP contribution in [0.3, 0.4) is 0 Å². The number of amides is 2. The molecule has 0 aliphatic heterocycles. The summed E-state index contributed by atoms with van der Waals surface area (Å²) in [5, 5.41) is 4.85. The number of anilines is 2. The van der Waals surface area contributed by atoms with Crippen molar-refractivity contribution in [3.63, 3.8) is 0 Å². The summed E-state index contributed by atoms with van der Waals surface area (Å²) < 4.78 is 5.16. The average molecular weight is 382 g/mol.